The number of carboxylic acid groups (broad SMARTS) is 1. The van der Waals surface area contributed by atoms with Crippen LogP contribution in [0.4, 0.5) is 4.79 Å². The summed E-state index contributed by atoms with van der Waals surface area (Å²) in [5, 5.41) is 11.9. The van der Waals surface area contributed by atoms with E-state index >= 15 is 0 Å². The van der Waals surface area contributed by atoms with Gasteiger partial charge in [-0.15, -0.1) is 0 Å². The average Bonchev–Trinajstić information content (AvgIpc) is 2.57. The SMILES string of the molecule is CC(C)(C)OC(=O)NCC(=O)N1CC2CCCCC2C(C(=O)O)C1.CCC. The summed E-state index contributed by atoms with van der Waals surface area (Å²) in [4.78, 5) is 37.2. The molecule has 27 heavy (non-hydrogen) atoms. The van der Waals surface area contributed by atoms with E-state index in [1.165, 1.54) is 6.42 Å². The smallest absolute Gasteiger partial charge is 0.408 e. The number of piperidine rings is 1. The Labute approximate surface area is 162 Å². The van der Waals surface area contributed by atoms with Gasteiger partial charge in [0.25, 0.3) is 0 Å². The van der Waals surface area contributed by atoms with Gasteiger partial charge < -0.3 is 20.1 Å². The number of carbonyl (C=O) groups is 3. The number of likely N-dealkylation sites (tertiary alicyclic amines) is 1. The highest BCUT2D eigenvalue weighted by molar-refractivity contribution is 5.83. The van der Waals surface area contributed by atoms with E-state index in [1.807, 2.05) is 0 Å². The third-order valence-electron chi connectivity index (χ3n) is 4.81. The molecular formula is C20H36N2O5. The Kier molecular flexibility index (Phi) is 9.06. The molecule has 3 atom stereocenters. The van der Waals surface area contributed by atoms with Gasteiger partial charge in [0.1, 0.15) is 12.1 Å². The molecule has 0 bridgehead atoms. The molecule has 0 aromatic heterocycles. The molecule has 3 unspecified atom stereocenters. The summed E-state index contributed by atoms with van der Waals surface area (Å²) in [5.74, 6) is -1.17. The summed E-state index contributed by atoms with van der Waals surface area (Å²) in [6, 6.07) is 0. The number of nitrogens with zero attached hydrogens (tertiary/aromatic N) is 1. The van der Waals surface area contributed by atoms with Crippen molar-refractivity contribution in [1.29, 1.82) is 0 Å². The van der Waals surface area contributed by atoms with Crippen LogP contribution in [0.3, 0.4) is 0 Å². The molecule has 7 heteroatoms. The van der Waals surface area contributed by atoms with Crippen LogP contribution >= 0.6 is 0 Å². The fourth-order valence-electron chi connectivity index (χ4n) is 3.76. The zero-order valence-electron chi connectivity index (χ0n) is 17.4. The van der Waals surface area contributed by atoms with Crippen LogP contribution in [0.15, 0.2) is 0 Å². The second-order valence-electron chi connectivity index (χ2n) is 8.51. The van der Waals surface area contributed by atoms with Crippen LogP contribution in [0.5, 0.6) is 0 Å². The van der Waals surface area contributed by atoms with Gasteiger partial charge in [-0.3, -0.25) is 9.59 Å². The predicted molar refractivity (Wildman–Crippen MR) is 103 cm³/mol. The largest absolute Gasteiger partial charge is 0.481 e. The fraction of sp³-hybridized carbons (Fsp3) is 0.850. The van der Waals surface area contributed by atoms with E-state index in [2.05, 4.69) is 19.2 Å². The summed E-state index contributed by atoms with van der Waals surface area (Å²) in [6.07, 6.45) is 4.67. The van der Waals surface area contributed by atoms with Crippen molar-refractivity contribution in [3.63, 3.8) is 0 Å². The van der Waals surface area contributed by atoms with E-state index in [1.54, 1.807) is 25.7 Å². The molecule has 1 aliphatic heterocycles. The van der Waals surface area contributed by atoms with Crippen molar-refractivity contribution in [3.05, 3.63) is 0 Å². The van der Waals surface area contributed by atoms with Crippen molar-refractivity contribution in [3.8, 4) is 0 Å². The molecule has 2 fully saturated rings. The number of nitrogens with one attached hydrogen (secondary N) is 1. The van der Waals surface area contributed by atoms with E-state index in [9.17, 15) is 19.5 Å². The number of rotatable bonds is 3. The van der Waals surface area contributed by atoms with E-state index < -0.39 is 23.6 Å². The lowest BCUT2D eigenvalue weighted by Crippen LogP contribution is -2.54. The maximum Gasteiger partial charge on any atom is 0.408 e. The molecule has 156 valence electrons. The van der Waals surface area contributed by atoms with Crippen LogP contribution in [-0.4, -0.2) is 53.2 Å². The Hall–Kier alpha value is -1.79. The first kappa shape index (κ1) is 23.2. The summed E-state index contributed by atoms with van der Waals surface area (Å²) in [7, 11) is 0. The number of ether oxygens (including phenoxy) is 1. The van der Waals surface area contributed by atoms with Gasteiger partial charge in [-0.25, -0.2) is 4.79 Å². The summed E-state index contributed by atoms with van der Waals surface area (Å²) < 4.78 is 5.11. The maximum absolute atomic E-state index is 12.4. The minimum Gasteiger partial charge on any atom is -0.481 e. The monoisotopic (exact) mass is 384 g/mol. The Morgan fingerprint density at radius 2 is 1.70 bits per heavy atom. The van der Waals surface area contributed by atoms with E-state index in [0.717, 1.165) is 25.7 Å². The third kappa shape index (κ3) is 7.77. The number of aliphatic carboxylic acids is 1. The number of alkyl carbamates (subject to hydrolysis) is 1. The van der Waals surface area contributed by atoms with Gasteiger partial charge in [-0.1, -0.05) is 33.1 Å². The third-order valence-corrected chi connectivity index (χ3v) is 4.81. The van der Waals surface area contributed by atoms with Crippen molar-refractivity contribution in [2.24, 2.45) is 17.8 Å². The van der Waals surface area contributed by atoms with Gasteiger partial charge >= 0.3 is 12.1 Å². The minimum absolute atomic E-state index is 0.166. The second kappa shape index (κ2) is 10.5. The lowest BCUT2D eigenvalue weighted by Gasteiger charge is -2.44. The quantitative estimate of drug-likeness (QED) is 0.778. The molecule has 2 rings (SSSR count). The highest BCUT2D eigenvalue weighted by Gasteiger charge is 2.42. The molecule has 1 heterocycles. The molecule has 0 spiro atoms. The molecule has 0 aromatic rings. The molecule has 0 aromatic carbocycles. The van der Waals surface area contributed by atoms with Gasteiger partial charge in [0.2, 0.25) is 5.91 Å². The Morgan fingerprint density at radius 1 is 1.11 bits per heavy atom. The van der Waals surface area contributed by atoms with Gasteiger partial charge in [0, 0.05) is 13.1 Å². The van der Waals surface area contributed by atoms with Crippen LogP contribution in [0.2, 0.25) is 0 Å². The van der Waals surface area contributed by atoms with Gasteiger partial charge in [0.05, 0.1) is 5.92 Å². The van der Waals surface area contributed by atoms with Crippen LogP contribution in [0, 0.1) is 17.8 Å². The van der Waals surface area contributed by atoms with Gasteiger partial charge in [-0.2, -0.15) is 0 Å². The highest BCUT2D eigenvalue weighted by atomic mass is 16.6. The molecule has 2 N–H and O–H groups in total. The first-order valence-corrected chi connectivity index (χ1v) is 10.1. The normalized spacial score (nSPS) is 24.8. The van der Waals surface area contributed by atoms with E-state index in [-0.39, 0.29) is 30.8 Å². The molecule has 1 saturated carbocycles. The van der Waals surface area contributed by atoms with Gasteiger partial charge in [-0.05, 0) is 45.4 Å². The fourth-order valence-corrected chi connectivity index (χ4v) is 3.76. The standard InChI is InChI=1S/C17H28N2O5.C3H8/c1-17(2,3)24-16(23)18-8-14(20)19-9-11-6-4-5-7-12(11)13(10-19)15(21)22;1-3-2/h11-13H,4-10H2,1-3H3,(H,18,23)(H,21,22);3H2,1-2H3. The Bertz CT molecular complexity index is 515. The number of hydrogen-bond acceptors (Lipinski definition) is 4. The summed E-state index contributed by atoms with van der Waals surface area (Å²) >= 11 is 0. The number of carbonyl (C=O) groups excluding carboxylic acids is 2. The van der Waals surface area contributed by atoms with Crippen LogP contribution in [0.1, 0.15) is 66.7 Å². The van der Waals surface area contributed by atoms with Crippen molar-refractivity contribution in [2.75, 3.05) is 19.6 Å². The Balaban J connectivity index is 0.00000114. The zero-order chi connectivity index (χ0) is 20.6. The molecule has 7 nitrogen and oxygen atoms in total. The topological polar surface area (TPSA) is 95.9 Å². The summed E-state index contributed by atoms with van der Waals surface area (Å²) in [6.45, 7) is 10.1. The average molecular weight is 385 g/mol. The van der Waals surface area contributed by atoms with E-state index in [0.29, 0.717) is 6.54 Å². The number of carboxylic acids is 1. The van der Waals surface area contributed by atoms with E-state index in [4.69, 9.17) is 4.74 Å². The molecule has 0 radical (unpaired) electrons. The zero-order valence-corrected chi connectivity index (χ0v) is 17.4. The second-order valence-corrected chi connectivity index (χ2v) is 8.51. The minimum atomic E-state index is -0.829. The molecule has 2 aliphatic rings. The number of fused-ring (bicyclic) bond motifs is 1. The van der Waals surface area contributed by atoms with Crippen molar-refractivity contribution >= 4 is 18.0 Å². The van der Waals surface area contributed by atoms with Crippen LogP contribution < -0.4 is 5.32 Å². The van der Waals surface area contributed by atoms with Crippen molar-refractivity contribution < 1.29 is 24.2 Å². The maximum atomic E-state index is 12.4. The number of hydrogen-bond donors (Lipinski definition) is 2. The lowest BCUT2D eigenvalue weighted by atomic mass is 9.69. The first-order valence-electron chi connectivity index (χ1n) is 10.1. The lowest BCUT2D eigenvalue weighted by molar-refractivity contribution is -0.151. The highest BCUT2D eigenvalue weighted by Crippen LogP contribution is 2.39. The molecule has 1 saturated heterocycles. The first-order chi connectivity index (χ1) is 12.6. The molecular weight excluding hydrogens is 348 g/mol. The predicted octanol–water partition coefficient (Wildman–Crippen LogP) is 3.28. The van der Waals surface area contributed by atoms with Crippen molar-refractivity contribution in [2.45, 2.75) is 72.3 Å². The Morgan fingerprint density at radius 3 is 2.26 bits per heavy atom. The van der Waals surface area contributed by atoms with Crippen LogP contribution in [-0.2, 0) is 14.3 Å². The summed E-state index contributed by atoms with van der Waals surface area (Å²) in [5.41, 5.74) is -0.623. The number of amides is 2. The molecule has 1 aliphatic carbocycles. The molecule has 2 amide bonds. The van der Waals surface area contributed by atoms with Crippen LogP contribution in [0.25, 0.3) is 0 Å². The van der Waals surface area contributed by atoms with Gasteiger partial charge in [0.15, 0.2) is 0 Å². The van der Waals surface area contributed by atoms with Crippen molar-refractivity contribution in [1.82, 2.24) is 10.2 Å².